The number of hydrogen-bond donors (Lipinski definition) is 0. The third-order valence-electron chi connectivity index (χ3n) is 5.24. The summed E-state index contributed by atoms with van der Waals surface area (Å²) in [6.07, 6.45) is 1.80. The van der Waals surface area contributed by atoms with Crippen LogP contribution in [0.25, 0.3) is 22.7 Å². The summed E-state index contributed by atoms with van der Waals surface area (Å²) in [4.78, 5) is 17.2. The summed E-state index contributed by atoms with van der Waals surface area (Å²) in [6, 6.07) is 21.1. The number of rotatable bonds is 5. The third kappa shape index (κ3) is 4.42. The minimum absolute atomic E-state index is 0.0962. The summed E-state index contributed by atoms with van der Waals surface area (Å²) in [5.41, 5.74) is 5.28. The van der Waals surface area contributed by atoms with E-state index in [0.717, 1.165) is 27.8 Å². The number of fused-ring (bicyclic) bond motifs is 1. The van der Waals surface area contributed by atoms with E-state index in [1.54, 1.807) is 16.7 Å². The van der Waals surface area contributed by atoms with E-state index < -0.39 is 0 Å². The molecule has 0 bridgehead atoms. The lowest BCUT2D eigenvalue weighted by atomic mass is 10.2. The SMILES string of the molecule is Cc1ccc(-n2c(SCc3cc(=O)n4cc(C)ccc4n3)nnc2-c2ccc(Cl)cc2)cc1. The second-order valence-corrected chi connectivity index (χ2v) is 9.17. The molecule has 0 aliphatic carbocycles. The van der Waals surface area contributed by atoms with Crippen molar-refractivity contribution >= 4 is 29.0 Å². The molecular formula is C25H20ClN5OS. The lowest BCUT2D eigenvalue weighted by Gasteiger charge is -2.11. The van der Waals surface area contributed by atoms with Gasteiger partial charge in [-0.25, -0.2) is 4.98 Å². The molecule has 3 heterocycles. The number of aryl methyl sites for hydroxylation is 2. The standard InChI is InChI=1S/C25H20ClN5OS/c1-16-3-10-21(11-4-16)31-24(18-6-8-19(26)9-7-18)28-29-25(31)33-15-20-13-23(32)30-14-17(2)5-12-22(30)27-20/h3-14H,15H2,1-2H3. The first-order chi connectivity index (χ1) is 16.0. The maximum absolute atomic E-state index is 12.6. The molecule has 8 heteroatoms. The second kappa shape index (κ2) is 8.84. The maximum atomic E-state index is 12.6. The molecule has 0 saturated carbocycles. The molecule has 5 rings (SSSR count). The Hall–Kier alpha value is -3.42. The van der Waals surface area contributed by atoms with Gasteiger partial charge in [-0.2, -0.15) is 0 Å². The van der Waals surface area contributed by atoms with Crippen LogP contribution in [0.5, 0.6) is 0 Å². The highest BCUT2D eigenvalue weighted by Crippen LogP contribution is 2.30. The van der Waals surface area contributed by atoms with Gasteiger partial charge in [0.15, 0.2) is 11.0 Å². The van der Waals surface area contributed by atoms with Gasteiger partial charge in [0.25, 0.3) is 5.56 Å². The first kappa shape index (κ1) is 21.4. The van der Waals surface area contributed by atoms with Gasteiger partial charge >= 0.3 is 0 Å². The Labute approximate surface area is 199 Å². The molecule has 0 atom stereocenters. The summed E-state index contributed by atoms with van der Waals surface area (Å²) in [5.74, 6) is 1.21. The van der Waals surface area contributed by atoms with E-state index in [2.05, 4.69) is 34.2 Å². The zero-order chi connectivity index (χ0) is 22.9. The molecule has 164 valence electrons. The van der Waals surface area contributed by atoms with E-state index in [1.165, 1.54) is 17.3 Å². The Morgan fingerprint density at radius 2 is 1.64 bits per heavy atom. The van der Waals surface area contributed by atoms with Crippen LogP contribution in [0.3, 0.4) is 0 Å². The van der Waals surface area contributed by atoms with Gasteiger partial charge in [0.2, 0.25) is 0 Å². The minimum atomic E-state index is -0.0962. The van der Waals surface area contributed by atoms with Gasteiger partial charge in [-0.1, -0.05) is 47.1 Å². The molecule has 0 radical (unpaired) electrons. The normalized spacial score (nSPS) is 11.2. The van der Waals surface area contributed by atoms with Crippen molar-refractivity contribution in [2.24, 2.45) is 0 Å². The first-order valence-corrected chi connectivity index (χ1v) is 11.7. The Bertz CT molecular complexity index is 1510. The summed E-state index contributed by atoms with van der Waals surface area (Å²) in [5, 5.41) is 10.3. The van der Waals surface area contributed by atoms with Crippen molar-refractivity contribution in [2.75, 3.05) is 0 Å². The Morgan fingerprint density at radius 1 is 0.909 bits per heavy atom. The van der Waals surface area contributed by atoms with Crippen LogP contribution in [0, 0.1) is 13.8 Å². The van der Waals surface area contributed by atoms with Crippen molar-refractivity contribution < 1.29 is 0 Å². The lowest BCUT2D eigenvalue weighted by Crippen LogP contribution is -2.15. The second-order valence-electron chi connectivity index (χ2n) is 7.79. The molecule has 2 aromatic carbocycles. The molecule has 0 saturated heterocycles. The molecule has 0 amide bonds. The third-order valence-corrected chi connectivity index (χ3v) is 6.45. The molecule has 0 fully saturated rings. The monoisotopic (exact) mass is 473 g/mol. The molecule has 0 spiro atoms. The highest BCUT2D eigenvalue weighted by atomic mass is 35.5. The number of halogens is 1. The average Bonchev–Trinajstić information content (AvgIpc) is 3.23. The summed E-state index contributed by atoms with van der Waals surface area (Å²) in [7, 11) is 0. The van der Waals surface area contributed by atoms with Gasteiger partial charge in [0.05, 0.1) is 5.69 Å². The fraction of sp³-hybridized carbons (Fsp3) is 0.120. The van der Waals surface area contributed by atoms with Gasteiger partial charge in [-0.05, 0) is 61.9 Å². The zero-order valence-electron chi connectivity index (χ0n) is 18.1. The fourth-order valence-electron chi connectivity index (χ4n) is 3.55. The summed E-state index contributed by atoms with van der Waals surface area (Å²) < 4.78 is 3.58. The summed E-state index contributed by atoms with van der Waals surface area (Å²) >= 11 is 7.57. The number of pyridine rings is 1. The van der Waals surface area contributed by atoms with E-state index in [1.807, 2.05) is 60.0 Å². The molecule has 0 aliphatic heterocycles. The topological polar surface area (TPSA) is 65.1 Å². The maximum Gasteiger partial charge on any atom is 0.258 e. The fourth-order valence-corrected chi connectivity index (χ4v) is 4.52. The van der Waals surface area contributed by atoms with Crippen LogP contribution in [-0.4, -0.2) is 24.1 Å². The number of aromatic nitrogens is 5. The first-order valence-electron chi connectivity index (χ1n) is 10.4. The van der Waals surface area contributed by atoms with Crippen molar-refractivity contribution in [3.8, 4) is 17.1 Å². The van der Waals surface area contributed by atoms with Crippen LogP contribution in [0.4, 0.5) is 0 Å². The van der Waals surface area contributed by atoms with Crippen LogP contribution in [0.2, 0.25) is 5.02 Å². The molecule has 0 unspecified atom stereocenters. The molecule has 3 aromatic heterocycles. The van der Waals surface area contributed by atoms with Crippen molar-refractivity contribution in [2.45, 2.75) is 24.8 Å². The predicted octanol–water partition coefficient (Wildman–Crippen LogP) is 5.50. The zero-order valence-corrected chi connectivity index (χ0v) is 19.6. The van der Waals surface area contributed by atoms with Crippen molar-refractivity contribution in [3.05, 3.63) is 105 Å². The highest BCUT2D eigenvalue weighted by Gasteiger charge is 2.17. The molecule has 33 heavy (non-hydrogen) atoms. The van der Waals surface area contributed by atoms with E-state index in [-0.39, 0.29) is 5.56 Å². The summed E-state index contributed by atoms with van der Waals surface area (Å²) in [6.45, 7) is 4.00. The molecule has 0 N–H and O–H groups in total. The smallest absolute Gasteiger partial charge is 0.258 e. The van der Waals surface area contributed by atoms with E-state index in [9.17, 15) is 4.79 Å². The number of benzene rings is 2. The number of hydrogen-bond acceptors (Lipinski definition) is 5. The van der Waals surface area contributed by atoms with Crippen LogP contribution in [0.1, 0.15) is 16.8 Å². The molecular weight excluding hydrogens is 454 g/mol. The van der Waals surface area contributed by atoms with Crippen molar-refractivity contribution in [1.29, 1.82) is 0 Å². The average molecular weight is 474 g/mol. The van der Waals surface area contributed by atoms with Crippen LogP contribution in [-0.2, 0) is 5.75 Å². The molecule has 6 nitrogen and oxygen atoms in total. The molecule has 0 aliphatic rings. The lowest BCUT2D eigenvalue weighted by molar-refractivity contribution is 0.884. The van der Waals surface area contributed by atoms with Crippen LogP contribution < -0.4 is 5.56 Å². The highest BCUT2D eigenvalue weighted by molar-refractivity contribution is 7.98. The van der Waals surface area contributed by atoms with E-state index in [4.69, 9.17) is 11.6 Å². The quantitative estimate of drug-likeness (QED) is 0.315. The van der Waals surface area contributed by atoms with Gasteiger partial charge in [-0.3, -0.25) is 13.8 Å². The van der Waals surface area contributed by atoms with Crippen molar-refractivity contribution in [1.82, 2.24) is 24.1 Å². The van der Waals surface area contributed by atoms with Crippen LogP contribution in [0.15, 0.2) is 82.9 Å². The van der Waals surface area contributed by atoms with Gasteiger partial charge in [0, 0.05) is 34.3 Å². The van der Waals surface area contributed by atoms with E-state index in [0.29, 0.717) is 22.1 Å². The molecule has 5 aromatic rings. The van der Waals surface area contributed by atoms with E-state index >= 15 is 0 Å². The van der Waals surface area contributed by atoms with Gasteiger partial charge in [-0.15, -0.1) is 10.2 Å². The van der Waals surface area contributed by atoms with Crippen molar-refractivity contribution in [3.63, 3.8) is 0 Å². The Morgan fingerprint density at radius 3 is 2.39 bits per heavy atom. The predicted molar refractivity (Wildman–Crippen MR) is 132 cm³/mol. The Balaban J connectivity index is 1.52. The number of thioether (sulfide) groups is 1. The number of nitrogens with zero attached hydrogens (tertiary/aromatic N) is 5. The van der Waals surface area contributed by atoms with Crippen LogP contribution >= 0.6 is 23.4 Å². The van der Waals surface area contributed by atoms with Gasteiger partial charge < -0.3 is 0 Å². The minimum Gasteiger partial charge on any atom is -0.270 e. The largest absolute Gasteiger partial charge is 0.270 e. The van der Waals surface area contributed by atoms with Gasteiger partial charge in [0.1, 0.15) is 5.65 Å². The Kier molecular flexibility index (Phi) is 5.74.